The molecular weight excluding hydrogens is 336 g/mol. The fraction of sp³-hybridized carbons (Fsp3) is 0.696. The van der Waals surface area contributed by atoms with E-state index < -0.39 is 0 Å². The molecule has 1 amide bonds. The highest BCUT2D eigenvalue weighted by molar-refractivity contribution is 5.76. The summed E-state index contributed by atoms with van der Waals surface area (Å²) >= 11 is 0. The van der Waals surface area contributed by atoms with E-state index in [1.165, 1.54) is 36.8 Å². The molecule has 3 heterocycles. The number of nitrogens with zero attached hydrogens (tertiary/aromatic N) is 1. The summed E-state index contributed by atoms with van der Waals surface area (Å²) < 4.78 is 5.83. The molecule has 1 N–H and O–H groups in total. The lowest BCUT2D eigenvalue weighted by Gasteiger charge is -2.31. The number of fused-ring (bicyclic) bond motifs is 2. The maximum Gasteiger partial charge on any atom is 0.222 e. The van der Waals surface area contributed by atoms with Gasteiger partial charge < -0.3 is 15.0 Å². The van der Waals surface area contributed by atoms with E-state index in [2.05, 4.69) is 41.4 Å². The number of carbonyl (C=O) groups is 1. The summed E-state index contributed by atoms with van der Waals surface area (Å²) in [7, 11) is 0. The summed E-state index contributed by atoms with van der Waals surface area (Å²) in [5, 5.41) is 3.69. The van der Waals surface area contributed by atoms with Crippen LogP contribution < -0.4 is 5.32 Å². The van der Waals surface area contributed by atoms with Gasteiger partial charge in [-0.2, -0.15) is 0 Å². The van der Waals surface area contributed by atoms with E-state index in [0.717, 1.165) is 45.4 Å². The van der Waals surface area contributed by atoms with Gasteiger partial charge >= 0.3 is 0 Å². The number of ether oxygens (including phenoxy) is 1. The number of aryl methyl sites for hydroxylation is 1. The van der Waals surface area contributed by atoms with Crippen LogP contribution in [0.3, 0.4) is 0 Å². The zero-order valence-corrected chi connectivity index (χ0v) is 16.7. The predicted octanol–water partition coefficient (Wildman–Crippen LogP) is 3.47. The Bertz CT molecular complexity index is 612. The van der Waals surface area contributed by atoms with Crippen LogP contribution >= 0.6 is 0 Å². The fourth-order valence-electron chi connectivity index (χ4n) is 5.09. The van der Waals surface area contributed by atoms with E-state index in [1.54, 1.807) is 0 Å². The van der Waals surface area contributed by atoms with Gasteiger partial charge in [-0.3, -0.25) is 4.79 Å². The second kappa shape index (κ2) is 8.74. The van der Waals surface area contributed by atoms with Crippen molar-refractivity contribution in [3.63, 3.8) is 0 Å². The van der Waals surface area contributed by atoms with Crippen LogP contribution in [0.5, 0.6) is 0 Å². The highest BCUT2D eigenvalue weighted by atomic mass is 16.5. The molecule has 4 nitrogen and oxygen atoms in total. The van der Waals surface area contributed by atoms with Gasteiger partial charge in [0.2, 0.25) is 5.91 Å². The molecule has 3 unspecified atom stereocenters. The van der Waals surface area contributed by atoms with E-state index in [9.17, 15) is 4.79 Å². The Kier molecular flexibility index (Phi) is 6.14. The second-order valence-corrected chi connectivity index (χ2v) is 8.89. The number of amides is 1. The minimum Gasteiger partial charge on any atom is -0.376 e. The molecule has 3 fully saturated rings. The molecular formula is C23H34N2O2. The van der Waals surface area contributed by atoms with Crippen molar-refractivity contribution in [1.29, 1.82) is 0 Å². The standard InChI is InChI=1S/C23H34N2O2/c1-17-4-6-18(7-5-17)10-11-25(16-22-3-2-12-27-22)23(26)15-19-13-20-8-9-21(14-19)24-20/h4-7,19-22,24H,2-3,8-16H2,1H3. The number of hydrogen-bond donors (Lipinski definition) is 1. The number of benzene rings is 1. The molecule has 148 valence electrons. The maximum atomic E-state index is 13.2. The molecule has 0 radical (unpaired) electrons. The number of hydrogen-bond acceptors (Lipinski definition) is 3. The van der Waals surface area contributed by atoms with E-state index in [4.69, 9.17) is 4.74 Å². The quantitative estimate of drug-likeness (QED) is 0.799. The molecule has 3 aliphatic heterocycles. The van der Waals surface area contributed by atoms with Gasteiger partial charge in [-0.15, -0.1) is 0 Å². The van der Waals surface area contributed by atoms with Crippen LogP contribution in [-0.2, 0) is 16.0 Å². The number of piperidine rings is 1. The van der Waals surface area contributed by atoms with Crippen LogP contribution in [-0.4, -0.2) is 48.7 Å². The SMILES string of the molecule is Cc1ccc(CCN(CC2CCCO2)C(=O)CC2CC3CCC(C2)N3)cc1. The van der Waals surface area contributed by atoms with Crippen LogP contribution in [0.2, 0.25) is 0 Å². The summed E-state index contributed by atoms with van der Waals surface area (Å²) in [5.41, 5.74) is 2.59. The molecule has 0 saturated carbocycles. The van der Waals surface area contributed by atoms with Gasteiger partial charge in [0, 0.05) is 38.2 Å². The largest absolute Gasteiger partial charge is 0.376 e. The minimum atomic E-state index is 0.233. The highest BCUT2D eigenvalue weighted by Crippen LogP contribution is 2.33. The van der Waals surface area contributed by atoms with E-state index >= 15 is 0 Å². The molecule has 0 spiro atoms. The summed E-state index contributed by atoms with van der Waals surface area (Å²) in [4.78, 5) is 15.3. The third-order valence-electron chi connectivity index (χ3n) is 6.63. The van der Waals surface area contributed by atoms with Crippen molar-refractivity contribution in [3.8, 4) is 0 Å². The smallest absolute Gasteiger partial charge is 0.222 e. The van der Waals surface area contributed by atoms with E-state index in [-0.39, 0.29) is 6.10 Å². The van der Waals surface area contributed by atoms with Gasteiger partial charge in [0.05, 0.1) is 6.10 Å². The number of carbonyl (C=O) groups excluding carboxylic acids is 1. The maximum absolute atomic E-state index is 13.2. The summed E-state index contributed by atoms with van der Waals surface area (Å²) in [6.07, 6.45) is 9.03. The lowest BCUT2D eigenvalue weighted by Crippen LogP contribution is -2.42. The van der Waals surface area contributed by atoms with Crippen molar-refractivity contribution in [3.05, 3.63) is 35.4 Å². The molecule has 0 aromatic heterocycles. The minimum absolute atomic E-state index is 0.233. The van der Waals surface area contributed by atoms with Gasteiger partial charge in [-0.1, -0.05) is 29.8 Å². The Labute approximate surface area is 163 Å². The summed E-state index contributed by atoms with van der Waals surface area (Å²) in [6, 6.07) is 10.0. The zero-order chi connectivity index (χ0) is 18.6. The van der Waals surface area contributed by atoms with Crippen LogP contribution in [0, 0.1) is 12.8 Å². The molecule has 4 heteroatoms. The molecule has 2 bridgehead atoms. The lowest BCUT2D eigenvalue weighted by molar-refractivity contribution is -0.134. The van der Waals surface area contributed by atoms with Gasteiger partial charge in [0.15, 0.2) is 0 Å². The Balaban J connectivity index is 1.35. The average molecular weight is 371 g/mol. The van der Waals surface area contributed by atoms with Crippen molar-refractivity contribution in [2.75, 3.05) is 19.7 Å². The molecule has 4 rings (SSSR count). The Hall–Kier alpha value is -1.39. The first-order valence-corrected chi connectivity index (χ1v) is 10.9. The molecule has 3 aliphatic rings. The van der Waals surface area contributed by atoms with Gasteiger partial charge in [0.1, 0.15) is 0 Å². The van der Waals surface area contributed by atoms with E-state index in [1.807, 2.05) is 0 Å². The number of rotatable bonds is 7. The molecule has 0 aliphatic carbocycles. The van der Waals surface area contributed by atoms with Crippen LogP contribution in [0.4, 0.5) is 0 Å². The van der Waals surface area contributed by atoms with Crippen molar-refractivity contribution in [2.45, 2.75) is 76.5 Å². The van der Waals surface area contributed by atoms with Gasteiger partial charge in [-0.05, 0) is 63.4 Å². The van der Waals surface area contributed by atoms with Crippen molar-refractivity contribution >= 4 is 5.91 Å². The number of nitrogens with one attached hydrogen (secondary N) is 1. The fourth-order valence-corrected chi connectivity index (χ4v) is 5.09. The normalized spacial score (nSPS) is 29.8. The Morgan fingerprint density at radius 3 is 2.56 bits per heavy atom. The predicted molar refractivity (Wildman–Crippen MR) is 108 cm³/mol. The highest BCUT2D eigenvalue weighted by Gasteiger charge is 2.35. The van der Waals surface area contributed by atoms with E-state index in [0.29, 0.717) is 23.9 Å². The van der Waals surface area contributed by atoms with Crippen LogP contribution in [0.15, 0.2) is 24.3 Å². The van der Waals surface area contributed by atoms with Crippen LogP contribution in [0.25, 0.3) is 0 Å². The molecule has 3 saturated heterocycles. The lowest BCUT2D eigenvalue weighted by atomic mass is 9.89. The topological polar surface area (TPSA) is 41.6 Å². The first-order valence-electron chi connectivity index (χ1n) is 10.9. The average Bonchev–Trinajstić information content (AvgIpc) is 3.29. The monoisotopic (exact) mass is 370 g/mol. The Morgan fingerprint density at radius 1 is 1.15 bits per heavy atom. The van der Waals surface area contributed by atoms with Gasteiger partial charge in [0.25, 0.3) is 0 Å². The van der Waals surface area contributed by atoms with Crippen molar-refractivity contribution < 1.29 is 9.53 Å². The molecule has 1 aromatic rings. The third-order valence-corrected chi connectivity index (χ3v) is 6.63. The van der Waals surface area contributed by atoms with Gasteiger partial charge in [-0.25, -0.2) is 0 Å². The zero-order valence-electron chi connectivity index (χ0n) is 16.7. The Morgan fingerprint density at radius 2 is 1.89 bits per heavy atom. The second-order valence-electron chi connectivity index (χ2n) is 8.89. The summed E-state index contributed by atoms with van der Waals surface area (Å²) in [6.45, 7) is 4.54. The molecule has 1 aromatic carbocycles. The van der Waals surface area contributed by atoms with Crippen molar-refractivity contribution in [1.82, 2.24) is 10.2 Å². The molecule has 27 heavy (non-hydrogen) atoms. The van der Waals surface area contributed by atoms with Crippen molar-refractivity contribution in [2.24, 2.45) is 5.92 Å². The van der Waals surface area contributed by atoms with Crippen LogP contribution in [0.1, 0.15) is 56.1 Å². The third kappa shape index (κ3) is 5.11. The first-order chi connectivity index (χ1) is 13.2. The first kappa shape index (κ1) is 18.9. The molecule has 3 atom stereocenters. The summed E-state index contributed by atoms with van der Waals surface area (Å²) in [5.74, 6) is 0.895.